The summed E-state index contributed by atoms with van der Waals surface area (Å²) in [5, 5.41) is 4.11. The Hall–Kier alpha value is -0.100. The van der Waals surface area contributed by atoms with Gasteiger partial charge in [-0.1, -0.05) is 39.7 Å². The van der Waals surface area contributed by atoms with Gasteiger partial charge in [0.05, 0.1) is 6.04 Å². The molecule has 18 heavy (non-hydrogen) atoms. The van der Waals surface area contributed by atoms with Gasteiger partial charge in [-0.25, -0.2) is 0 Å². The van der Waals surface area contributed by atoms with Gasteiger partial charge in [-0.2, -0.15) is 0 Å². The quantitative estimate of drug-likeness (QED) is 0.667. The van der Waals surface area contributed by atoms with Gasteiger partial charge in [-0.15, -0.1) is 0 Å². The van der Waals surface area contributed by atoms with Crippen molar-refractivity contribution in [2.24, 2.45) is 0 Å². The van der Waals surface area contributed by atoms with Crippen LogP contribution in [0, 0.1) is 3.57 Å². The van der Waals surface area contributed by atoms with Crippen molar-refractivity contribution in [1.82, 2.24) is 5.32 Å². The minimum atomic E-state index is 0.146. The second-order valence-electron chi connectivity index (χ2n) is 3.94. The number of halogens is 3. The maximum Gasteiger partial charge on any atom is 0.0585 e. The average molecular weight is 437 g/mol. The smallest absolute Gasteiger partial charge is 0.0585 e. The molecule has 0 amide bonds. The van der Waals surface area contributed by atoms with Crippen LogP contribution in [0.5, 0.6) is 0 Å². The molecule has 2 aromatic rings. The van der Waals surface area contributed by atoms with Crippen LogP contribution in [0.25, 0.3) is 0 Å². The summed E-state index contributed by atoms with van der Waals surface area (Å²) < 4.78 is 2.32. The summed E-state index contributed by atoms with van der Waals surface area (Å²) in [5.74, 6) is 0. The van der Waals surface area contributed by atoms with Crippen LogP contribution in [0.3, 0.4) is 0 Å². The van der Waals surface area contributed by atoms with E-state index in [-0.39, 0.29) is 6.04 Å². The lowest BCUT2D eigenvalue weighted by Gasteiger charge is -2.19. The van der Waals surface area contributed by atoms with E-state index < -0.39 is 0 Å². The van der Waals surface area contributed by atoms with Crippen LogP contribution in [-0.2, 0) is 0 Å². The molecule has 0 aliphatic rings. The Morgan fingerprint density at radius 1 is 1.22 bits per heavy atom. The first-order chi connectivity index (χ1) is 8.61. The summed E-state index contributed by atoms with van der Waals surface area (Å²) in [4.78, 5) is 0. The Bertz CT molecular complexity index is 559. The Labute approximate surface area is 134 Å². The van der Waals surface area contributed by atoms with E-state index in [0.717, 1.165) is 9.50 Å². The molecule has 2 rings (SSSR count). The molecule has 0 aromatic heterocycles. The fraction of sp³-hybridized carbons (Fsp3) is 0.143. The molecular formula is C14H12BrClIN. The molecule has 0 saturated carbocycles. The predicted octanol–water partition coefficient (Wildman–Crippen LogP) is 5.02. The normalized spacial score (nSPS) is 12.4. The monoisotopic (exact) mass is 435 g/mol. The fourth-order valence-corrected chi connectivity index (χ4v) is 3.15. The van der Waals surface area contributed by atoms with E-state index >= 15 is 0 Å². The van der Waals surface area contributed by atoms with E-state index in [9.17, 15) is 0 Å². The molecule has 4 heteroatoms. The summed E-state index contributed by atoms with van der Waals surface area (Å²) in [6.07, 6.45) is 0. The molecule has 1 atom stereocenters. The zero-order chi connectivity index (χ0) is 13.1. The van der Waals surface area contributed by atoms with Gasteiger partial charge < -0.3 is 5.32 Å². The lowest BCUT2D eigenvalue weighted by Crippen LogP contribution is -2.18. The molecule has 1 unspecified atom stereocenters. The molecule has 94 valence electrons. The summed E-state index contributed by atoms with van der Waals surface area (Å²) >= 11 is 11.9. The molecule has 0 radical (unpaired) electrons. The van der Waals surface area contributed by atoms with Gasteiger partial charge in [0.1, 0.15) is 0 Å². The van der Waals surface area contributed by atoms with Crippen molar-refractivity contribution in [3.05, 3.63) is 66.7 Å². The number of benzene rings is 2. The van der Waals surface area contributed by atoms with Crippen molar-refractivity contribution in [2.75, 3.05) is 7.05 Å². The molecule has 0 spiro atoms. The first kappa shape index (κ1) is 14.3. The van der Waals surface area contributed by atoms with Gasteiger partial charge in [0.2, 0.25) is 0 Å². The third-order valence-electron chi connectivity index (χ3n) is 2.74. The molecule has 0 saturated heterocycles. The van der Waals surface area contributed by atoms with Gasteiger partial charge in [0, 0.05) is 13.1 Å². The van der Waals surface area contributed by atoms with Crippen LogP contribution in [-0.4, -0.2) is 7.05 Å². The minimum absolute atomic E-state index is 0.146. The molecule has 0 aliphatic heterocycles. The summed E-state index contributed by atoms with van der Waals surface area (Å²) in [5.41, 5.74) is 2.41. The van der Waals surface area contributed by atoms with Crippen LogP contribution in [0.2, 0.25) is 5.02 Å². The van der Waals surface area contributed by atoms with Crippen LogP contribution in [0.15, 0.2) is 46.9 Å². The lowest BCUT2D eigenvalue weighted by molar-refractivity contribution is 0.688. The zero-order valence-electron chi connectivity index (χ0n) is 9.75. The van der Waals surface area contributed by atoms with Crippen molar-refractivity contribution in [2.45, 2.75) is 6.04 Å². The molecule has 0 aliphatic carbocycles. The van der Waals surface area contributed by atoms with Crippen molar-refractivity contribution in [1.29, 1.82) is 0 Å². The summed E-state index contributed by atoms with van der Waals surface area (Å²) in [6.45, 7) is 0. The third kappa shape index (κ3) is 3.26. The largest absolute Gasteiger partial charge is 0.309 e. The van der Waals surface area contributed by atoms with Crippen molar-refractivity contribution < 1.29 is 0 Å². The topological polar surface area (TPSA) is 12.0 Å². The molecule has 1 nitrogen and oxygen atoms in total. The number of rotatable bonds is 3. The van der Waals surface area contributed by atoms with Crippen LogP contribution >= 0.6 is 50.1 Å². The molecule has 0 bridgehead atoms. The molecule has 0 heterocycles. The fourth-order valence-electron chi connectivity index (χ4n) is 1.92. The Balaban J connectivity index is 2.48. The maximum absolute atomic E-state index is 6.07. The summed E-state index contributed by atoms with van der Waals surface area (Å²) in [7, 11) is 1.96. The van der Waals surface area contributed by atoms with Crippen LogP contribution < -0.4 is 5.32 Å². The van der Waals surface area contributed by atoms with Gasteiger partial charge >= 0.3 is 0 Å². The maximum atomic E-state index is 6.07. The third-order valence-corrected chi connectivity index (χ3v) is 4.45. The number of hydrogen-bond donors (Lipinski definition) is 1. The predicted molar refractivity (Wildman–Crippen MR) is 89.2 cm³/mol. The second kappa shape index (κ2) is 6.37. The van der Waals surface area contributed by atoms with Crippen molar-refractivity contribution in [3.63, 3.8) is 0 Å². The first-order valence-corrected chi connectivity index (χ1v) is 7.74. The van der Waals surface area contributed by atoms with Gasteiger partial charge in [-0.05, 0) is 71.1 Å². The molecular weight excluding hydrogens is 424 g/mol. The van der Waals surface area contributed by atoms with E-state index in [4.69, 9.17) is 11.6 Å². The zero-order valence-corrected chi connectivity index (χ0v) is 14.3. The van der Waals surface area contributed by atoms with Gasteiger partial charge in [0.25, 0.3) is 0 Å². The van der Waals surface area contributed by atoms with E-state index in [1.807, 2.05) is 25.2 Å². The molecule has 1 N–H and O–H groups in total. The summed E-state index contributed by atoms with van der Waals surface area (Å²) in [6, 6.07) is 14.4. The van der Waals surface area contributed by atoms with E-state index in [0.29, 0.717) is 0 Å². The van der Waals surface area contributed by atoms with E-state index in [2.05, 4.69) is 68.1 Å². The highest BCUT2D eigenvalue weighted by atomic mass is 127. The van der Waals surface area contributed by atoms with E-state index in [1.54, 1.807) is 0 Å². The Morgan fingerprint density at radius 3 is 2.67 bits per heavy atom. The molecule has 2 aromatic carbocycles. The second-order valence-corrected chi connectivity index (χ2v) is 6.46. The number of nitrogens with one attached hydrogen (secondary N) is 1. The van der Waals surface area contributed by atoms with Crippen molar-refractivity contribution >= 4 is 50.1 Å². The van der Waals surface area contributed by atoms with Gasteiger partial charge in [0.15, 0.2) is 0 Å². The average Bonchev–Trinajstić information content (AvgIpc) is 2.35. The highest BCUT2D eigenvalue weighted by Crippen LogP contribution is 2.29. The standard InChI is InChI=1S/C14H12BrClIN/c1-18-14(9-3-2-4-11(16)7-9)12-8-10(15)5-6-13(12)17/h2-8,14,18H,1H3. The first-order valence-electron chi connectivity index (χ1n) is 5.49. The van der Waals surface area contributed by atoms with Crippen LogP contribution in [0.1, 0.15) is 17.2 Å². The van der Waals surface area contributed by atoms with E-state index in [1.165, 1.54) is 14.7 Å². The minimum Gasteiger partial charge on any atom is -0.309 e. The number of hydrogen-bond acceptors (Lipinski definition) is 1. The van der Waals surface area contributed by atoms with Crippen LogP contribution in [0.4, 0.5) is 0 Å². The highest BCUT2D eigenvalue weighted by Gasteiger charge is 2.15. The molecule has 0 fully saturated rings. The Kier molecular flexibility index (Phi) is 5.06. The Morgan fingerprint density at radius 2 is 2.00 bits per heavy atom. The lowest BCUT2D eigenvalue weighted by atomic mass is 9.99. The van der Waals surface area contributed by atoms with Crippen molar-refractivity contribution in [3.8, 4) is 0 Å². The highest BCUT2D eigenvalue weighted by molar-refractivity contribution is 14.1. The SMILES string of the molecule is CNC(c1cccc(Cl)c1)c1cc(Br)ccc1I. The van der Waals surface area contributed by atoms with Gasteiger partial charge in [-0.3, -0.25) is 0 Å².